The van der Waals surface area contributed by atoms with Gasteiger partial charge in [0.25, 0.3) is 0 Å². The third kappa shape index (κ3) is 3.44. The molecule has 0 unspecified atom stereocenters. The fourth-order valence-electron chi connectivity index (χ4n) is 5.89. The van der Waals surface area contributed by atoms with Gasteiger partial charge in [-0.05, 0) is 60.0 Å². The summed E-state index contributed by atoms with van der Waals surface area (Å²) >= 11 is 0. The maximum Gasteiger partial charge on any atom is 0.129 e. The standard InChI is InChI=1S/C36H24N2O/c1-3-10-27(11-4-1)37-23-22-26-19-18-25-20-21-33-35(34(25)36(26)37)31-16-7-8-17-32(31)38(33)28-12-9-15-30(24-28)39-29-13-5-2-6-14-29/h1-24H. The average molecular weight is 501 g/mol. The first kappa shape index (κ1) is 21.8. The van der Waals surface area contributed by atoms with Crippen molar-refractivity contribution in [2.24, 2.45) is 0 Å². The van der Waals surface area contributed by atoms with Crippen LogP contribution in [-0.4, -0.2) is 9.13 Å². The Morgan fingerprint density at radius 2 is 1.15 bits per heavy atom. The minimum Gasteiger partial charge on any atom is -0.457 e. The van der Waals surface area contributed by atoms with Crippen molar-refractivity contribution in [3.05, 3.63) is 146 Å². The van der Waals surface area contributed by atoms with Crippen molar-refractivity contribution in [1.29, 1.82) is 0 Å². The van der Waals surface area contributed by atoms with Crippen LogP contribution in [0.25, 0.3) is 54.9 Å². The molecule has 0 radical (unpaired) electrons. The fourth-order valence-corrected chi connectivity index (χ4v) is 5.89. The third-order valence-corrected chi connectivity index (χ3v) is 7.56. The lowest BCUT2D eigenvalue weighted by Crippen LogP contribution is -1.95. The summed E-state index contributed by atoms with van der Waals surface area (Å²) in [5.74, 6) is 1.64. The van der Waals surface area contributed by atoms with Gasteiger partial charge in [0.15, 0.2) is 0 Å². The summed E-state index contributed by atoms with van der Waals surface area (Å²) in [5.41, 5.74) is 5.81. The van der Waals surface area contributed by atoms with Crippen molar-refractivity contribution >= 4 is 43.5 Å². The molecule has 0 spiro atoms. The third-order valence-electron chi connectivity index (χ3n) is 7.56. The molecule has 2 heterocycles. The summed E-state index contributed by atoms with van der Waals surface area (Å²) in [5, 5.41) is 6.23. The second-order valence-corrected chi connectivity index (χ2v) is 9.85. The molecule has 0 aliphatic carbocycles. The minimum atomic E-state index is 0.811. The monoisotopic (exact) mass is 500 g/mol. The van der Waals surface area contributed by atoms with E-state index in [1.54, 1.807) is 0 Å². The van der Waals surface area contributed by atoms with Gasteiger partial charge in [0.2, 0.25) is 0 Å². The molecule has 0 saturated heterocycles. The Labute approximate surface area is 225 Å². The summed E-state index contributed by atoms with van der Waals surface area (Å²) < 4.78 is 10.9. The van der Waals surface area contributed by atoms with Gasteiger partial charge in [-0.15, -0.1) is 0 Å². The van der Waals surface area contributed by atoms with Crippen molar-refractivity contribution in [2.75, 3.05) is 0 Å². The van der Waals surface area contributed by atoms with E-state index in [9.17, 15) is 0 Å². The number of benzene rings is 6. The van der Waals surface area contributed by atoms with Crippen molar-refractivity contribution in [2.45, 2.75) is 0 Å². The van der Waals surface area contributed by atoms with E-state index >= 15 is 0 Å². The van der Waals surface area contributed by atoms with Gasteiger partial charge in [-0.25, -0.2) is 0 Å². The molecule has 2 aromatic heterocycles. The summed E-state index contributed by atoms with van der Waals surface area (Å²) in [6.45, 7) is 0. The molecule has 6 aromatic carbocycles. The maximum absolute atomic E-state index is 6.21. The van der Waals surface area contributed by atoms with Crippen LogP contribution >= 0.6 is 0 Å². The second kappa shape index (κ2) is 8.64. The fraction of sp³-hybridized carbons (Fsp3) is 0. The van der Waals surface area contributed by atoms with Gasteiger partial charge in [-0.2, -0.15) is 0 Å². The lowest BCUT2D eigenvalue weighted by Gasteiger charge is -2.12. The van der Waals surface area contributed by atoms with Crippen LogP contribution in [0.2, 0.25) is 0 Å². The van der Waals surface area contributed by atoms with E-state index in [1.807, 2.05) is 36.4 Å². The predicted molar refractivity (Wildman–Crippen MR) is 162 cm³/mol. The van der Waals surface area contributed by atoms with E-state index in [0.717, 1.165) is 22.9 Å². The Balaban J connectivity index is 1.44. The van der Waals surface area contributed by atoms with E-state index in [2.05, 4.69) is 118 Å². The maximum atomic E-state index is 6.21. The molecule has 39 heavy (non-hydrogen) atoms. The Bertz CT molecular complexity index is 2140. The highest BCUT2D eigenvalue weighted by Gasteiger charge is 2.18. The average Bonchev–Trinajstić information content (AvgIpc) is 3.58. The predicted octanol–water partition coefficient (Wildman–Crippen LogP) is 9.67. The van der Waals surface area contributed by atoms with Gasteiger partial charge < -0.3 is 13.9 Å². The molecule has 3 heteroatoms. The highest BCUT2D eigenvalue weighted by atomic mass is 16.5. The summed E-state index contributed by atoms with van der Waals surface area (Å²) in [6.07, 6.45) is 2.18. The molecule has 0 aliphatic rings. The number of hydrogen-bond donors (Lipinski definition) is 0. The highest BCUT2D eigenvalue weighted by Crippen LogP contribution is 2.41. The Morgan fingerprint density at radius 1 is 0.462 bits per heavy atom. The normalized spacial score (nSPS) is 11.6. The topological polar surface area (TPSA) is 19.1 Å². The van der Waals surface area contributed by atoms with E-state index in [1.165, 1.54) is 43.5 Å². The molecule has 0 N–H and O–H groups in total. The molecule has 0 aliphatic heterocycles. The van der Waals surface area contributed by atoms with Crippen LogP contribution in [0, 0.1) is 0 Å². The van der Waals surface area contributed by atoms with Crippen LogP contribution in [-0.2, 0) is 0 Å². The molecule has 184 valence electrons. The molecular weight excluding hydrogens is 476 g/mol. The summed E-state index contributed by atoms with van der Waals surface area (Å²) in [6, 6.07) is 48.8. The number of para-hydroxylation sites is 3. The molecule has 0 fully saturated rings. The second-order valence-electron chi connectivity index (χ2n) is 9.85. The van der Waals surface area contributed by atoms with Crippen molar-refractivity contribution < 1.29 is 4.74 Å². The van der Waals surface area contributed by atoms with Crippen LogP contribution in [0.15, 0.2) is 146 Å². The molecule has 3 nitrogen and oxygen atoms in total. The first-order valence-electron chi connectivity index (χ1n) is 13.2. The first-order chi connectivity index (χ1) is 19.3. The van der Waals surface area contributed by atoms with Crippen LogP contribution in [0.3, 0.4) is 0 Å². The zero-order chi connectivity index (χ0) is 25.8. The van der Waals surface area contributed by atoms with Gasteiger partial charge in [-0.1, -0.05) is 78.9 Å². The summed E-state index contributed by atoms with van der Waals surface area (Å²) in [7, 11) is 0. The molecule has 0 amide bonds. The lowest BCUT2D eigenvalue weighted by atomic mass is 10.0. The molecule has 8 rings (SSSR count). The van der Waals surface area contributed by atoms with Crippen molar-refractivity contribution in [3.8, 4) is 22.9 Å². The molecule has 0 atom stereocenters. The lowest BCUT2D eigenvalue weighted by molar-refractivity contribution is 0.482. The Morgan fingerprint density at radius 3 is 2.03 bits per heavy atom. The number of rotatable bonds is 4. The molecular formula is C36H24N2O. The van der Waals surface area contributed by atoms with Crippen LogP contribution in [0.4, 0.5) is 0 Å². The quantitative estimate of drug-likeness (QED) is 0.235. The Kier molecular flexibility index (Phi) is 4.82. The molecule has 8 aromatic rings. The number of fused-ring (bicyclic) bond motifs is 7. The van der Waals surface area contributed by atoms with Crippen molar-refractivity contribution in [1.82, 2.24) is 9.13 Å². The zero-order valence-electron chi connectivity index (χ0n) is 21.2. The SMILES string of the molecule is c1ccc(Oc2cccc(-n3c4ccccc4c4c5c(ccc6ccn(-c7ccccc7)c65)ccc43)c2)cc1. The molecule has 0 saturated carbocycles. The minimum absolute atomic E-state index is 0.811. The van der Waals surface area contributed by atoms with Crippen LogP contribution < -0.4 is 4.74 Å². The Hall–Kier alpha value is -5.28. The summed E-state index contributed by atoms with van der Waals surface area (Å²) in [4.78, 5) is 0. The van der Waals surface area contributed by atoms with E-state index in [4.69, 9.17) is 4.74 Å². The van der Waals surface area contributed by atoms with Crippen molar-refractivity contribution in [3.63, 3.8) is 0 Å². The highest BCUT2D eigenvalue weighted by molar-refractivity contribution is 6.27. The van der Waals surface area contributed by atoms with Gasteiger partial charge in [0.1, 0.15) is 11.5 Å². The van der Waals surface area contributed by atoms with Gasteiger partial charge in [0, 0.05) is 45.2 Å². The van der Waals surface area contributed by atoms with E-state index < -0.39 is 0 Å². The van der Waals surface area contributed by atoms with Gasteiger partial charge in [-0.3, -0.25) is 0 Å². The van der Waals surface area contributed by atoms with Gasteiger partial charge in [0.05, 0.1) is 16.6 Å². The first-order valence-corrected chi connectivity index (χ1v) is 13.2. The van der Waals surface area contributed by atoms with Gasteiger partial charge >= 0.3 is 0 Å². The van der Waals surface area contributed by atoms with E-state index in [-0.39, 0.29) is 0 Å². The zero-order valence-corrected chi connectivity index (χ0v) is 21.2. The number of ether oxygens (including phenoxy) is 1. The number of nitrogens with zero attached hydrogens (tertiary/aromatic N) is 2. The van der Waals surface area contributed by atoms with Crippen LogP contribution in [0.5, 0.6) is 11.5 Å². The molecule has 0 bridgehead atoms. The largest absolute Gasteiger partial charge is 0.457 e. The number of hydrogen-bond acceptors (Lipinski definition) is 1. The van der Waals surface area contributed by atoms with E-state index in [0.29, 0.717) is 0 Å². The number of aromatic nitrogens is 2. The smallest absolute Gasteiger partial charge is 0.129 e. The van der Waals surface area contributed by atoms with Crippen LogP contribution in [0.1, 0.15) is 0 Å².